The van der Waals surface area contributed by atoms with Crippen LogP contribution in [0.15, 0.2) is 41.3 Å². The van der Waals surface area contributed by atoms with Crippen LogP contribution in [-0.4, -0.2) is 45.8 Å². The summed E-state index contributed by atoms with van der Waals surface area (Å²) >= 11 is 0. The summed E-state index contributed by atoms with van der Waals surface area (Å²) in [4.78, 5) is 12.4. The van der Waals surface area contributed by atoms with Gasteiger partial charge >= 0.3 is 0 Å². The minimum absolute atomic E-state index is 0.0829. The first-order valence-corrected chi connectivity index (χ1v) is 10.7. The minimum Gasteiger partial charge on any atom is -0.376 e. The Morgan fingerprint density at radius 1 is 1.04 bits per heavy atom. The van der Waals surface area contributed by atoms with Crippen molar-refractivity contribution in [2.45, 2.75) is 32.1 Å². The number of anilines is 1. The number of nitrogens with one attached hydrogen (secondary N) is 2. The lowest BCUT2D eigenvalue weighted by atomic mass is 10.1. The van der Waals surface area contributed by atoms with Gasteiger partial charge in [-0.15, -0.1) is 0 Å². The van der Waals surface area contributed by atoms with Crippen molar-refractivity contribution in [3.05, 3.63) is 58.7 Å². The molecule has 0 atom stereocenters. The Hall–Kier alpha value is -2.38. The largest absolute Gasteiger partial charge is 0.376 e. The minimum atomic E-state index is -3.53. The van der Waals surface area contributed by atoms with Gasteiger partial charge in [-0.05, 0) is 61.6 Å². The summed E-state index contributed by atoms with van der Waals surface area (Å²) in [5.41, 5.74) is 4.84. The molecule has 2 aromatic rings. The number of hydrogen-bond acceptors (Lipinski definition) is 4. The van der Waals surface area contributed by atoms with E-state index in [1.807, 2.05) is 26.0 Å². The molecule has 28 heavy (non-hydrogen) atoms. The van der Waals surface area contributed by atoms with E-state index in [9.17, 15) is 13.2 Å². The van der Waals surface area contributed by atoms with Gasteiger partial charge < -0.3 is 10.6 Å². The van der Waals surface area contributed by atoms with Crippen molar-refractivity contribution in [3.63, 3.8) is 0 Å². The van der Waals surface area contributed by atoms with Gasteiger partial charge in [-0.3, -0.25) is 4.79 Å². The summed E-state index contributed by atoms with van der Waals surface area (Å²) in [5.74, 6) is -0.133. The Morgan fingerprint density at radius 2 is 1.71 bits per heavy atom. The van der Waals surface area contributed by atoms with Crippen LogP contribution in [0.2, 0.25) is 0 Å². The fraction of sp³-hybridized carbons (Fsp3) is 0.381. The van der Waals surface area contributed by atoms with Crippen molar-refractivity contribution < 1.29 is 13.2 Å². The molecule has 2 aromatic carbocycles. The molecule has 0 aliphatic carbocycles. The number of nitrogens with zero attached hydrogens (tertiary/aromatic N) is 1. The third-order valence-corrected chi connectivity index (χ3v) is 6.63. The fourth-order valence-electron chi connectivity index (χ4n) is 2.83. The Kier molecular flexibility index (Phi) is 7.21. The monoisotopic (exact) mass is 403 g/mol. The summed E-state index contributed by atoms with van der Waals surface area (Å²) in [7, 11) is -0.534. The number of amides is 1. The molecule has 152 valence electrons. The molecule has 0 saturated carbocycles. The lowest BCUT2D eigenvalue weighted by Crippen LogP contribution is -2.31. The standard InChI is InChI=1S/C21H29N3O3S/c1-15-8-6-7-9-18(15)10-11-22-21(25)14-23-20-13-19(12-16(2)17(20)3)28(26,27)24(4)5/h6-9,12-13,23H,10-11,14H2,1-5H3,(H,22,25). The number of aryl methyl sites for hydroxylation is 2. The van der Waals surface area contributed by atoms with Crippen molar-refractivity contribution in [2.75, 3.05) is 32.5 Å². The quantitative estimate of drug-likeness (QED) is 0.710. The number of hydrogen-bond donors (Lipinski definition) is 2. The van der Waals surface area contributed by atoms with Crippen LogP contribution in [0.3, 0.4) is 0 Å². The van der Waals surface area contributed by atoms with Gasteiger partial charge in [0.1, 0.15) is 0 Å². The molecule has 0 bridgehead atoms. The van der Waals surface area contributed by atoms with Crippen molar-refractivity contribution in [2.24, 2.45) is 0 Å². The Labute approximate surface area is 168 Å². The molecule has 0 saturated heterocycles. The van der Waals surface area contributed by atoms with E-state index in [-0.39, 0.29) is 17.3 Å². The topological polar surface area (TPSA) is 78.5 Å². The zero-order chi connectivity index (χ0) is 20.9. The van der Waals surface area contributed by atoms with Crippen molar-refractivity contribution in [1.29, 1.82) is 0 Å². The van der Waals surface area contributed by atoms with Gasteiger partial charge in [0.2, 0.25) is 15.9 Å². The second-order valence-corrected chi connectivity index (χ2v) is 9.23. The van der Waals surface area contributed by atoms with E-state index in [1.54, 1.807) is 12.1 Å². The van der Waals surface area contributed by atoms with E-state index in [2.05, 4.69) is 29.7 Å². The molecule has 2 N–H and O–H groups in total. The molecule has 0 heterocycles. The molecule has 6 nitrogen and oxygen atoms in total. The van der Waals surface area contributed by atoms with Crippen LogP contribution in [0.5, 0.6) is 0 Å². The lowest BCUT2D eigenvalue weighted by molar-refractivity contribution is -0.119. The smallest absolute Gasteiger partial charge is 0.242 e. The highest BCUT2D eigenvalue weighted by atomic mass is 32.2. The lowest BCUT2D eigenvalue weighted by Gasteiger charge is -2.17. The number of rotatable bonds is 8. The average Bonchev–Trinajstić information content (AvgIpc) is 2.64. The van der Waals surface area contributed by atoms with E-state index in [0.29, 0.717) is 12.2 Å². The molecule has 0 unspecified atom stereocenters. The maximum Gasteiger partial charge on any atom is 0.242 e. The van der Waals surface area contributed by atoms with Gasteiger partial charge in [0, 0.05) is 26.3 Å². The van der Waals surface area contributed by atoms with Crippen LogP contribution in [0.4, 0.5) is 5.69 Å². The van der Waals surface area contributed by atoms with Gasteiger partial charge in [-0.2, -0.15) is 0 Å². The molecule has 0 aliphatic heterocycles. The molecule has 0 aromatic heterocycles. The van der Waals surface area contributed by atoms with Gasteiger partial charge in [0.25, 0.3) is 0 Å². The molecular weight excluding hydrogens is 374 g/mol. The predicted octanol–water partition coefficient (Wildman–Crippen LogP) is 2.63. The molecule has 7 heteroatoms. The highest BCUT2D eigenvalue weighted by Gasteiger charge is 2.19. The van der Waals surface area contributed by atoms with Gasteiger partial charge in [0.05, 0.1) is 11.4 Å². The van der Waals surface area contributed by atoms with Crippen molar-refractivity contribution in [3.8, 4) is 0 Å². The van der Waals surface area contributed by atoms with E-state index in [0.717, 1.165) is 17.5 Å². The van der Waals surface area contributed by atoms with Gasteiger partial charge in [-0.25, -0.2) is 12.7 Å². The third-order valence-electron chi connectivity index (χ3n) is 4.84. The SMILES string of the molecule is Cc1ccccc1CCNC(=O)CNc1cc(S(=O)(=O)N(C)C)cc(C)c1C. The molecule has 1 amide bonds. The maximum atomic E-state index is 12.4. The van der Waals surface area contributed by atoms with Gasteiger partial charge in [0.15, 0.2) is 0 Å². The van der Waals surface area contributed by atoms with Crippen LogP contribution < -0.4 is 10.6 Å². The van der Waals surface area contributed by atoms with E-state index in [4.69, 9.17) is 0 Å². The summed E-state index contributed by atoms with van der Waals surface area (Å²) in [6.45, 7) is 6.45. The highest BCUT2D eigenvalue weighted by Crippen LogP contribution is 2.25. The van der Waals surface area contributed by atoms with Crippen molar-refractivity contribution in [1.82, 2.24) is 9.62 Å². The molecule has 0 aliphatic rings. The second-order valence-electron chi connectivity index (χ2n) is 7.08. The van der Waals surface area contributed by atoms with Crippen LogP contribution in [0.1, 0.15) is 22.3 Å². The normalized spacial score (nSPS) is 11.5. The molecule has 0 radical (unpaired) electrons. The Bertz CT molecular complexity index is 953. The van der Waals surface area contributed by atoms with Crippen molar-refractivity contribution >= 4 is 21.6 Å². The second kappa shape index (κ2) is 9.21. The first-order valence-electron chi connectivity index (χ1n) is 9.21. The number of carbonyl (C=O) groups is 1. The van der Waals surface area contributed by atoms with E-state index < -0.39 is 10.0 Å². The third kappa shape index (κ3) is 5.33. The van der Waals surface area contributed by atoms with E-state index >= 15 is 0 Å². The summed E-state index contributed by atoms with van der Waals surface area (Å²) in [5, 5.41) is 5.97. The zero-order valence-corrected chi connectivity index (χ0v) is 18.0. The Balaban J connectivity index is 1.99. The predicted molar refractivity (Wildman–Crippen MR) is 113 cm³/mol. The average molecular weight is 404 g/mol. The van der Waals surface area contributed by atoms with Gasteiger partial charge in [-0.1, -0.05) is 24.3 Å². The number of sulfonamides is 1. The number of carbonyl (C=O) groups excluding carboxylic acids is 1. The van der Waals surface area contributed by atoms with Crippen LogP contribution >= 0.6 is 0 Å². The fourth-order valence-corrected chi connectivity index (χ4v) is 3.85. The molecule has 0 fully saturated rings. The zero-order valence-electron chi connectivity index (χ0n) is 17.2. The summed E-state index contributed by atoms with van der Waals surface area (Å²) in [6, 6.07) is 11.3. The summed E-state index contributed by atoms with van der Waals surface area (Å²) < 4.78 is 26.0. The van der Waals surface area contributed by atoms with Crippen LogP contribution in [0, 0.1) is 20.8 Å². The van der Waals surface area contributed by atoms with Crippen LogP contribution in [0.25, 0.3) is 0 Å². The number of benzene rings is 2. The molecule has 0 spiro atoms. The Morgan fingerprint density at radius 3 is 2.36 bits per heavy atom. The maximum absolute atomic E-state index is 12.4. The first kappa shape index (κ1) is 21.9. The van der Waals surface area contributed by atoms with E-state index in [1.165, 1.54) is 29.5 Å². The molecular formula is C21H29N3O3S. The summed E-state index contributed by atoms with van der Waals surface area (Å²) in [6.07, 6.45) is 0.771. The highest BCUT2D eigenvalue weighted by molar-refractivity contribution is 7.89. The molecule has 2 rings (SSSR count). The first-order chi connectivity index (χ1) is 13.1. The van der Waals surface area contributed by atoms with Crippen LogP contribution in [-0.2, 0) is 21.2 Å².